The maximum atomic E-state index is 11.0. The minimum atomic E-state index is -0.416. The third kappa shape index (κ3) is 4.15. The number of hydrogen-bond donors (Lipinski definition) is 1. The summed E-state index contributed by atoms with van der Waals surface area (Å²) >= 11 is 0. The summed E-state index contributed by atoms with van der Waals surface area (Å²) in [6.45, 7) is 3.67. The fourth-order valence-electron chi connectivity index (χ4n) is 3.47. The van der Waals surface area contributed by atoms with Crippen LogP contribution >= 0.6 is 0 Å². The molecule has 2 aromatic carbocycles. The molecule has 25 heavy (non-hydrogen) atoms. The summed E-state index contributed by atoms with van der Waals surface area (Å²) in [5.74, 6) is 1.17. The van der Waals surface area contributed by atoms with Crippen molar-refractivity contribution in [2.24, 2.45) is 11.7 Å². The standard InChI is InChI=1S/C19H23N3O3/c20-12-16-13-21(14-17(16)15-6-2-1-3-7-15)10-11-25-19-9-5-4-8-18(19)22(23)24/h1-9,16-17H,10-14,20H2/t16-,17+/m1/s1. The Labute approximate surface area is 147 Å². The molecular formula is C19H23N3O3. The van der Waals surface area contributed by atoms with Gasteiger partial charge in [-0.05, 0) is 24.1 Å². The first-order chi connectivity index (χ1) is 12.2. The molecular weight excluding hydrogens is 318 g/mol. The topological polar surface area (TPSA) is 81.6 Å². The van der Waals surface area contributed by atoms with Gasteiger partial charge in [-0.25, -0.2) is 0 Å². The van der Waals surface area contributed by atoms with E-state index in [4.69, 9.17) is 10.5 Å². The lowest BCUT2D eigenvalue weighted by Crippen LogP contribution is -2.27. The number of hydrogen-bond acceptors (Lipinski definition) is 5. The summed E-state index contributed by atoms with van der Waals surface area (Å²) in [4.78, 5) is 12.9. The van der Waals surface area contributed by atoms with Gasteiger partial charge in [-0.2, -0.15) is 0 Å². The second-order valence-corrected chi connectivity index (χ2v) is 6.35. The molecule has 6 heteroatoms. The molecule has 0 unspecified atom stereocenters. The third-order valence-electron chi connectivity index (χ3n) is 4.77. The number of nitro groups is 1. The van der Waals surface area contributed by atoms with Crippen molar-refractivity contribution in [1.29, 1.82) is 0 Å². The monoisotopic (exact) mass is 341 g/mol. The van der Waals surface area contributed by atoms with Gasteiger partial charge in [0.25, 0.3) is 0 Å². The first kappa shape index (κ1) is 17.4. The predicted octanol–water partition coefficient (Wildman–Crippen LogP) is 2.65. The minimum Gasteiger partial charge on any atom is -0.485 e. The van der Waals surface area contributed by atoms with E-state index in [1.807, 2.05) is 6.07 Å². The maximum absolute atomic E-state index is 11.0. The molecule has 6 nitrogen and oxygen atoms in total. The van der Waals surface area contributed by atoms with Crippen LogP contribution in [0.4, 0.5) is 5.69 Å². The Bertz CT molecular complexity index is 708. The Morgan fingerprint density at radius 2 is 1.84 bits per heavy atom. The Kier molecular flexibility index (Phi) is 5.63. The Hall–Kier alpha value is -2.44. The number of ether oxygens (including phenoxy) is 1. The summed E-state index contributed by atoms with van der Waals surface area (Å²) in [5, 5.41) is 11.0. The molecule has 0 aromatic heterocycles. The maximum Gasteiger partial charge on any atom is 0.310 e. The molecule has 2 atom stereocenters. The van der Waals surface area contributed by atoms with Gasteiger partial charge in [-0.15, -0.1) is 0 Å². The Balaban J connectivity index is 1.57. The summed E-state index contributed by atoms with van der Waals surface area (Å²) in [7, 11) is 0. The van der Waals surface area contributed by atoms with Crippen molar-refractivity contribution < 1.29 is 9.66 Å². The molecule has 0 amide bonds. The molecule has 0 bridgehead atoms. The van der Waals surface area contributed by atoms with Crippen LogP contribution in [-0.2, 0) is 0 Å². The molecule has 0 aliphatic carbocycles. The van der Waals surface area contributed by atoms with E-state index in [2.05, 4.69) is 29.2 Å². The van der Waals surface area contributed by atoms with E-state index < -0.39 is 4.92 Å². The second-order valence-electron chi connectivity index (χ2n) is 6.35. The number of nitro benzene ring substituents is 1. The predicted molar refractivity (Wildman–Crippen MR) is 96.8 cm³/mol. The second kappa shape index (κ2) is 8.09. The van der Waals surface area contributed by atoms with E-state index in [9.17, 15) is 10.1 Å². The van der Waals surface area contributed by atoms with Crippen LogP contribution in [-0.4, -0.2) is 42.6 Å². The van der Waals surface area contributed by atoms with Crippen molar-refractivity contribution >= 4 is 5.69 Å². The quantitative estimate of drug-likeness (QED) is 0.618. The van der Waals surface area contributed by atoms with E-state index in [0.717, 1.165) is 19.6 Å². The van der Waals surface area contributed by atoms with E-state index >= 15 is 0 Å². The summed E-state index contributed by atoms with van der Waals surface area (Å²) in [6, 6.07) is 16.9. The number of nitrogens with zero attached hydrogens (tertiary/aromatic N) is 2. The molecule has 0 radical (unpaired) electrons. The Morgan fingerprint density at radius 3 is 2.56 bits per heavy atom. The summed E-state index contributed by atoms with van der Waals surface area (Å²) < 4.78 is 5.66. The molecule has 2 N–H and O–H groups in total. The van der Waals surface area contributed by atoms with Gasteiger partial charge in [0.1, 0.15) is 6.61 Å². The number of nitrogens with two attached hydrogens (primary N) is 1. The largest absolute Gasteiger partial charge is 0.485 e. The van der Waals surface area contributed by atoms with Crippen molar-refractivity contribution in [3.63, 3.8) is 0 Å². The number of benzene rings is 2. The van der Waals surface area contributed by atoms with E-state index in [-0.39, 0.29) is 5.69 Å². The highest BCUT2D eigenvalue weighted by molar-refractivity contribution is 5.45. The van der Waals surface area contributed by atoms with Gasteiger partial charge >= 0.3 is 5.69 Å². The highest BCUT2D eigenvalue weighted by Gasteiger charge is 2.32. The molecule has 1 heterocycles. The lowest BCUT2D eigenvalue weighted by molar-refractivity contribution is -0.385. The lowest BCUT2D eigenvalue weighted by Gasteiger charge is -2.17. The summed E-state index contributed by atoms with van der Waals surface area (Å²) in [6.07, 6.45) is 0. The molecule has 1 saturated heterocycles. The van der Waals surface area contributed by atoms with Crippen molar-refractivity contribution in [3.05, 3.63) is 70.3 Å². The highest BCUT2D eigenvalue weighted by atomic mass is 16.6. The first-order valence-electron chi connectivity index (χ1n) is 8.52. The molecule has 0 saturated carbocycles. The van der Waals surface area contributed by atoms with Crippen molar-refractivity contribution in [3.8, 4) is 5.75 Å². The van der Waals surface area contributed by atoms with Crippen LogP contribution in [0, 0.1) is 16.0 Å². The van der Waals surface area contributed by atoms with Crippen LogP contribution in [0.25, 0.3) is 0 Å². The zero-order valence-electron chi connectivity index (χ0n) is 14.1. The molecule has 1 aliphatic heterocycles. The van der Waals surface area contributed by atoms with Crippen LogP contribution in [0.3, 0.4) is 0 Å². The highest BCUT2D eigenvalue weighted by Crippen LogP contribution is 2.32. The van der Waals surface area contributed by atoms with Gasteiger partial charge < -0.3 is 10.5 Å². The number of likely N-dealkylation sites (tertiary alicyclic amines) is 1. The Morgan fingerprint density at radius 1 is 1.12 bits per heavy atom. The van der Waals surface area contributed by atoms with Gasteiger partial charge in [-0.3, -0.25) is 15.0 Å². The zero-order valence-corrected chi connectivity index (χ0v) is 14.1. The first-order valence-corrected chi connectivity index (χ1v) is 8.52. The van der Waals surface area contributed by atoms with Crippen LogP contribution in [0.2, 0.25) is 0 Å². The number of rotatable bonds is 7. The van der Waals surface area contributed by atoms with Crippen LogP contribution < -0.4 is 10.5 Å². The van der Waals surface area contributed by atoms with Gasteiger partial charge in [0.15, 0.2) is 5.75 Å². The smallest absolute Gasteiger partial charge is 0.310 e. The van der Waals surface area contributed by atoms with Crippen LogP contribution in [0.15, 0.2) is 54.6 Å². The van der Waals surface area contributed by atoms with E-state index in [1.165, 1.54) is 11.6 Å². The van der Waals surface area contributed by atoms with Gasteiger partial charge in [0, 0.05) is 31.6 Å². The molecule has 132 valence electrons. The number of para-hydroxylation sites is 2. The van der Waals surface area contributed by atoms with Gasteiger partial charge in [0.2, 0.25) is 0 Å². The van der Waals surface area contributed by atoms with Crippen molar-refractivity contribution in [2.45, 2.75) is 5.92 Å². The molecule has 2 aromatic rings. The normalized spacial score (nSPS) is 20.5. The zero-order chi connectivity index (χ0) is 17.6. The van der Waals surface area contributed by atoms with Crippen LogP contribution in [0.5, 0.6) is 5.75 Å². The van der Waals surface area contributed by atoms with Gasteiger partial charge in [0.05, 0.1) is 4.92 Å². The van der Waals surface area contributed by atoms with E-state index in [0.29, 0.717) is 30.7 Å². The lowest BCUT2D eigenvalue weighted by atomic mass is 9.89. The average Bonchev–Trinajstić information content (AvgIpc) is 3.06. The fourth-order valence-corrected chi connectivity index (χ4v) is 3.47. The van der Waals surface area contributed by atoms with E-state index in [1.54, 1.807) is 18.2 Å². The summed E-state index contributed by atoms with van der Waals surface area (Å²) in [5.41, 5.74) is 7.29. The van der Waals surface area contributed by atoms with Crippen molar-refractivity contribution in [2.75, 3.05) is 32.8 Å². The SMILES string of the molecule is NC[C@@H]1CN(CCOc2ccccc2[N+](=O)[O-])C[C@H]1c1ccccc1. The van der Waals surface area contributed by atoms with Gasteiger partial charge in [-0.1, -0.05) is 42.5 Å². The molecule has 1 fully saturated rings. The molecule has 0 spiro atoms. The molecule has 1 aliphatic rings. The average molecular weight is 341 g/mol. The van der Waals surface area contributed by atoms with Crippen molar-refractivity contribution in [1.82, 2.24) is 4.90 Å². The van der Waals surface area contributed by atoms with Crippen LogP contribution in [0.1, 0.15) is 11.5 Å². The minimum absolute atomic E-state index is 0.00548. The fraction of sp³-hybridized carbons (Fsp3) is 0.368. The third-order valence-corrected chi connectivity index (χ3v) is 4.77. The molecule has 3 rings (SSSR count).